The molecule has 0 atom stereocenters. The molecule has 130 valence electrons. The van der Waals surface area contributed by atoms with Crippen molar-refractivity contribution in [2.24, 2.45) is 0 Å². The Labute approximate surface area is 139 Å². The predicted molar refractivity (Wildman–Crippen MR) is 94.7 cm³/mol. The van der Waals surface area contributed by atoms with Crippen molar-refractivity contribution in [2.45, 2.75) is 60.3 Å². The van der Waals surface area contributed by atoms with E-state index in [-0.39, 0.29) is 18.0 Å². The minimum atomic E-state index is -0.399. The van der Waals surface area contributed by atoms with Gasteiger partial charge in [0, 0.05) is 24.7 Å². The summed E-state index contributed by atoms with van der Waals surface area (Å²) in [5.41, 5.74) is 1.41. The van der Waals surface area contributed by atoms with Crippen LogP contribution in [-0.2, 0) is 11.2 Å². The summed E-state index contributed by atoms with van der Waals surface area (Å²) in [6.45, 7) is 11.4. The quantitative estimate of drug-likeness (QED) is 0.522. The van der Waals surface area contributed by atoms with Gasteiger partial charge >= 0.3 is 0 Å². The number of carbonyl (C=O) groups excluding carboxylic acids is 1. The normalized spacial score (nSPS) is 9.78. The van der Waals surface area contributed by atoms with E-state index in [0.717, 1.165) is 37.9 Å². The van der Waals surface area contributed by atoms with Crippen LogP contribution in [0.5, 0.6) is 0 Å². The van der Waals surface area contributed by atoms with Crippen molar-refractivity contribution in [1.82, 2.24) is 4.90 Å². The maximum atomic E-state index is 12.4. The lowest BCUT2D eigenvalue weighted by molar-refractivity contribution is -0.385. The molecule has 1 aromatic rings. The van der Waals surface area contributed by atoms with Crippen LogP contribution in [-0.4, -0.2) is 28.8 Å². The summed E-state index contributed by atoms with van der Waals surface area (Å²) < 4.78 is 0. The fraction of sp³-hybridized carbons (Fsp3) is 0.611. The average molecular weight is 322 g/mol. The molecule has 0 heterocycles. The average Bonchev–Trinajstić information content (AvgIpc) is 2.54. The summed E-state index contributed by atoms with van der Waals surface area (Å²) in [6, 6.07) is 4.92. The molecule has 0 fully saturated rings. The van der Waals surface area contributed by atoms with Crippen LogP contribution < -0.4 is 0 Å². The van der Waals surface area contributed by atoms with Gasteiger partial charge in [-0.05, 0) is 25.3 Å². The van der Waals surface area contributed by atoms with Crippen LogP contribution in [0.15, 0.2) is 18.2 Å². The SMILES string of the molecule is CC.CCCCN(CCC)C(=O)Cc1cccc([N+](=O)[O-])c1C. The fourth-order valence-electron chi connectivity index (χ4n) is 2.31. The summed E-state index contributed by atoms with van der Waals surface area (Å²) in [5.74, 6) is 0.0499. The van der Waals surface area contributed by atoms with Crippen LogP contribution in [0.1, 0.15) is 58.1 Å². The van der Waals surface area contributed by atoms with Gasteiger partial charge in [0.1, 0.15) is 0 Å². The molecule has 0 spiro atoms. The monoisotopic (exact) mass is 322 g/mol. The van der Waals surface area contributed by atoms with Crippen molar-refractivity contribution in [3.05, 3.63) is 39.4 Å². The van der Waals surface area contributed by atoms with Crippen LogP contribution in [0, 0.1) is 17.0 Å². The predicted octanol–water partition coefficient (Wildman–Crippen LogP) is 4.51. The zero-order valence-electron chi connectivity index (χ0n) is 15.1. The molecule has 0 aliphatic carbocycles. The van der Waals surface area contributed by atoms with Gasteiger partial charge in [0.05, 0.1) is 11.3 Å². The number of hydrogen-bond donors (Lipinski definition) is 0. The molecule has 0 radical (unpaired) electrons. The standard InChI is InChI=1S/C16H24N2O3.C2H6/c1-4-6-11-17(10-5-2)16(19)12-14-8-7-9-15(13(14)3)18(20)21;1-2/h7-9H,4-6,10-12H2,1-3H3;1-2H3. The number of hydrogen-bond acceptors (Lipinski definition) is 3. The first-order valence-electron chi connectivity index (χ1n) is 8.51. The Bertz CT molecular complexity index is 501. The molecule has 1 rings (SSSR count). The molecule has 23 heavy (non-hydrogen) atoms. The topological polar surface area (TPSA) is 63.5 Å². The van der Waals surface area contributed by atoms with Crippen molar-refractivity contribution in [1.29, 1.82) is 0 Å². The molecule has 0 aliphatic rings. The number of nitro groups is 1. The van der Waals surface area contributed by atoms with Gasteiger partial charge in [-0.15, -0.1) is 0 Å². The van der Waals surface area contributed by atoms with Gasteiger partial charge in [0.2, 0.25) is 5.91 Å². The minimum Gasteiger partial charge on any atom is -0.342 e. The van der Waals surface area contributed by atoms with Crippen LogP contribution in [0.2, 0.25) is 0 Å². The molecule has 0 N–H and O–H groups in total. The third-order valence-electron chi connectivity index (χ3n) is 3.58. The number of amides is 1. The molecule has 1 amide bonds. The smallest absolute Gasteiger partial charge is 0.272 e. The van der Waals surface area contributed by atoms with Crippen molar-refractivity contribution in [3.8, 4) is 0 Å². The zero-order valence-corrected chi connectivity index (χ0v) is 15.1. The van der Waals surface area contributed by atoms with E-state index in [1.54, 1.807) is 19.1 Å². The first kappa shape index (κ1) is 21.1. The molecule has 0 saturated carbocycles. The maximum Gasteiger partial charge on any atom is 0.272 e. The van der Waals surface area contributed by atoms with E-state index < -0.39 is 4.92 Å². The molecule has 1 aromatic carbocycles. The molecule has 0 aromatic heterocycles. The van der Waals surface area contributed by atoms with Gasteiger partial charge in [-0.2, -0.15) is 0 Å². The number of nitro benzene ring substituents is 1. The molecule has 5 heteroatoms. The molecule has 0 bridgehead atoms. The van der Waals surface area contributed by atoms with E-state index in [9.17, 15) is 14.9 Å². The van der Waals surface area contributed by atoms with E-state index in [4.69, 9.17) is 0 Å². The first-order chi connectivity index (χ1) is 11.0. The Morgan fingerprint density at radius 2 is 1.83 bits per heavy atom. The summed E-state index contributed by atoms with van der Waals surface area (Å²) in [5, 5.41) is 10.9. The van der Waals surface area contributed by atoms with Gasteiger partial charge in [0.15, 0.2) is 0 Å². The first-order valence-corrected chi connectivity index (χ1v) is 8.51. The molecule has 5 nitrogen and oxygen atoms in total. The molecule has 0 aliphatic heterocycles. The number of nitrogens with zero attached hydrogens (tertiary/aromatic N) is 2. The van der Waals surface area contributed by atoms with Gasteiger partial charge in [-0.25, -0.2) is 0 Å². The lowest BCUT2D eigenvalue weighted by Crippen LogP contribution is -2.34. The Kier molecular flexibility index (Phi) is 10.7. The largest absolute Gasteiger partial charge is 0.342 e. The van der Waals surface area contributed by atoms with Crippen molar-refractivity contribution in [2.75, 3.05) is 13.1 Å². The van der Waals surface area contributed by atoms with Gasteiger partial charge in [-0.1, -0.05) is 46.2 Å². The number of benzene rings is 1. The van der Waals surface area contributed by atoms with Crippen molar-refractivity contribution in [3.63, 3.8) is 0 Å². The lowest BCUT2D eigenvalue weighted by Gasteiger charge is -2.22. The highest BCUT2D eigenvalue weighted by Gasteiger charge is 2.18. The number of unbranched alkanes of at least 4 members (excludes halogenated alkanes) is 1. The van der Waals surface area contributed by atoms with E-state index in [1.165, 1.54) is 6.07 Å². The summed E-state index contributed by atoms with van der Waals surface area (Å²) in [4.78, 5) is 24.8. The summed E-state index contributed by atoms with van der Waals surface area (Å²) >= 11 is 0. The third-order valence-corrected chi connectivity index (χ3v) is 3.58. The van der Waals surface area contributed by atoms with Crippen molar-refractivity contribution >= 4 is 11.6 Å². The fourth-order valence-corrected chi connectivity index (χ4v) is 2.31. The zero-order chi connectivity index (χ0) is 17.8. The molecular formula is C18H30N2O3. The Morgan fingerprint density at radius 1 is 1.17 bits per heavy atom. The Hall–Kier alpha value is -1.91. The Balaban J connectivity index is 0.00000232. The maximum absolute atomic E-state index is 12.4. The molecular weight excluding hydrogens is 292 g/mol. The summed E-state index contributed by atoms with van der Waals surface area (Å²) in [6.07, 6.45) is 3.18. The minimum absolute atomic E-state index is 0.0499. The highest BCUT2D eigenvalue weighted by Crippen LogP contribution is 2.22. The van der Waals surface area contributed by atoms with E-state index in [1.807, 2.05) is 25.7 Å². The van der Waals surface area contributed by atoms with Gasteiger partial charge in [-0.3, -0.25) is 14.9 Å². The molecule has 0 saturated heterocycles. The van der Waals surface area contributed by atoms with Crippen LogP contribution in [0.4, 0.5) is 5.69 Å². The summed E-state index contributed by atoms with van der Waals surface area (Å²) in [7, 11) is 0. The van der Waals surface area contributed by atoms with Crippen LogP contribution in [0.25, 0.3) is 0 Å². The lowest BCUT2D eigenvalue weighted by atomic mass is 10.0. The Morgan fingerprint density at radius 3 is 2.35 bits per heavy atom. The molecule has 0 unspecified atom stereocenters. The van der Waals surface area contributed by atoms with Crippen LogP contribution in [0.3, 0.4) is 0 Å². The van der Waals surface area contributed by atoms with Gasteiger partial charge in [0.25, 0.3) is 5.69 Å². The second-order valence-corrected chi connectivity index (χ2v) is 5.23. The second kappa shape index (κ2) is 11.6. The van der Waals surface area contributed by atoms with E-state index in [0.29, 0.717) is 5.56 Å². The van der Waals surface area contributed by atoms with E-state index >= 15 is 0 Å². The second-order valence-electron chi connectivity index (χ2n) is 5.23. The number of rotatable bonds is 8. The van der Waals surface area contributed by atoms with Crippen LogP contribution >= 0.6 is 0 Å². The van der Waals surface area contributed by atoms with Gasteiger partial charge < -0.3 is 4.90 Å². The highest BCUT2D eigenvalue weighted by molar-refractivity contribution is 5.79. The third kappa shape index (κ3) is 6.80. The van der Waals surface area contributed by atoms with E-state index in [2.05, 4.69) is 6.92 Å². The highest BCUT2D eigenvalue weighted by atomic mass is 16.6. The van der Waals surface area contributed by atoms with Crippen molar-refractivity contribution < 1.29 is 9.72 Å². The number of carbonyl (C=O) groups is 1.